The van der Waals surface area contributed by atoms with Gasteiger partial charge in [-0.1, -0.05) is 0 Å². The molecule has 0 saturated heterocycles. The van der Waals surface area contributed by atoms with Crippen molar-refractivity contribution in [2.45, 2.75) is 6.42 Å². The van der Waals surface area contributed by atoms with Crippen LogP contribution in [-0.4, -0.2) is 9.38 Å². The molecule has 0 aliphatic heterocycles. The second-order valence-electron chi connectivity index (χ2n) is 2.66. The van der Waals surface area contributed by atoms with Crippen molar-refractivity contribution in [2.75, 3.05) is 0 Å². The molecule has 0 N–H and O–H groups in total. The average Bonchev–Trinajstić information content (AvgIpc) is 2.49. The number of fused-ring (bicyclic) bond motifs is 1. The molecule has 0 aliphatic rings. The Kier molecular flexibility index (Phi) is 2.03. The molecule has 13 heavy (non-hydrogen) atoms. The zero-order chi connectivity index (χ0) is 9.26. The third-order valence-corrected chi connectivity index (χ3v) is 2.28. The number of rotatable bonds is 1. The van der Waals surface area contributed by atoms with Crippen LogP contribution >= 0.6 is 15.9 Å². The van der Waals surface area contributed by atoms with Crippen molar-refractivity contribution in [3.8, 4) is 6.07 Å². The standard InChI is InChI=1S/C9H6BrN3/c10-7-1-2-9-12-5-8(3-4-11)13(9)6-7/h1-2,5-6H,3H2. The third-order valence-electron chi connectivity index (χ3n) is 1.81. The molecule has 0 radical (unpaired) electrons. The van der Waals surface area contributed by atoms with Gasteiger partial charge in [-0.25, -0.2) is 4.98 Å². The van der Waals surface area contributed by atoms with Gasteiger partial charge in [0.2, 0.25) is 0 Å². The monoisotopic (exact) mass is 235 g/mol. The predicted molar refractivity (Wildman–Crippen MR) is 52.2 cm³/mol. The highest BCUT2D eigenvalue weighted by atomic mass is 79.9. The van der Waals surface area contributed by atoms with E-state index < -0.39 is 0 Å². The molecule has 0 aliphatic carbocycles. The van der Waals surface area contributed by atoms with Crippen molar-refractivity contribution in [2.24, 2.45) is 0 Å². The van der Waals surface area contributed by atoms with Crippen LogP contribution in [0, 0.1) is 11.3 Å². The molecular weight excluding hydrogens is 230 g/mol. The van der Waals surface area contributed by atoms with Crippen molar-refractivity contribution in [3.05, 3.63) is 34.7 Å². The molecule has 2 aromatic heterocycles. The molecule has 0 bridgehead atoms. The molecule has 0 saturated carbocycles. The molecule has 2 aromatic rings. The average molecular weight is 236 g/mol. The lowest BCUT2D eigenvalue weighted by atomic mass is 10.3. The van der Waals surface area contributed by atoms with Gasteiger partial charge in [0.25, 0.3) is 0 Å². The maximum absolute atomic E-state index is 8.56. The summed E-state index contributed by atoms with van der Waals surface area (Å²) in [5.74, 6) is 0. The van der Waals surface area contributed by atoms with Gasteiger partial charge in [-0.15, -0.1) is 0 Å². The topological polar surface area (TPSA) is 41.1 Å². The van der Waals surface area contributed by atoms with E-state index in [0.29, 0.717) is 6.42 Å². The normalized spacial score (nSPS) is 10.2. The van der Waals surface area contributed by atoms with E-state index in [9.17, 15) is 0 Å². The number of hydrogen-bond donors (Lipinski definition) is 0. The molecule has 4 heteroatoms. The first kappa shape index (κ1) is 8.27. The van der Waals surface area contributed by atoms with Crippen LogP contribution in [0.25, 0.3) is 5.65 Å². The van der Waals surface area contributed by atoms with E-state index in [4.69, 9.17) is 5.26 Å². The van der Waals surface area contributed by atoms with Gasteiger partial charge < -0.3 is 4.40 Å². The Hall–Kier alpha value is -1.34. The van der Waals surface area contributed by atoms with E-state index in [1.165, 1.54) is 0 Å². The fourth-order valence-electron chi connectivity index (χ4n) is 1.22. The SMILES string of the molecule is N#CCc1cnc2ccc(Br)cn12. The molecular formula is C9H6BrN3. The summed E-state index contributed by atoms with van der Waals surface area (Å²) < 4.78 is 2.89. The van der Waals surface area contributed by atoms with Crippen LogP contribution in [0.5, 0.6) is 0 Å². The van der Waals surface area contributed by atoms with E-state index in [2.05, 4.69) is 27.0 Å². The minimum absolute atomic E-state index is 0.387. The Balaban J connectivity index is 2.66. The Labute approximate surface area is 83.8 Å². The van der Waals surface area contributed by atoms with Crippen LogP contribution in [0.3, 0.4) is 0 Å². The molecule has 0 amide bonds. The van der Waals surface area contributed by atoms with Gasteiger partial charge in [0, 0.05) is 10.7 Å². The van der Waals surface area contributed by atoms with Gasteiger partial charge in [0.15, 0.2) is 0 Å². The van der Waals surface area contributed by atoms with E-state index in [1.807, 2.05) is 22.7 Å². The lowest BCUT2D eigenvalue weighted by molar-refractivity contribution is 1.05. The summed E-state index contributed by atoms with van der Waals surface area (Å²) in [7, 11) is 0. The van der Waals surface area contributed by atoms with Crippen molar-refractivity contribution in [1.82, 2.24) is 9.38 Å². The Morgan fingerprint density at radius 1 is 1.54 bits per heavy atom. The van der Waals surface area contributed by atoms with Crippen LogP contribution in [0.1, 0.15) is 5.69 Å². The number of imidazole rings is 1. The van der Waals surface area contributed by atoms with Gasteiger partial charge in [0.05, 0.1) is 24.4 Å². The molecule has 0 unspecified atom stereocenters. The van der Waals surface area contributed by atoms with E-state index in [1.54, 1.807) is 6.20 Å². The summed E-state index contributed by atoms with van der Waals surface area (Å²) >= 11 is 3.37. The molecule has 0 spiro atoms. The third kappa shape index (κ3) is 1.43. The number of nitrogens with zero attached hydrogens (tertiary/aromatic N) is 3. The van der Waals surface area contributed by atoms with Gasteiger partial charge in [0.1, 0.15) is 5.65 Å². The first-order chi connectivity index (χ1) is 6.31. The summed E-state index contributed by atoms with van der Waals surface area (Å²) in [6.07, 6.45) is 4.03. The zero-order valence-electron chi connectivity index (χ0n) is 6.74. The molecule has 64 valence electrons. The summed E-state index contributed by atoms with van der Waals surface area (Å²) in [6, 6.07) is 5.94. The van der Waals surface area contributed by atoms with Crippen molar-refractivity contribution >= 4 is 21.6 Å². The van der Waals surface area contributed by atoms with Gasteiger partial charge in [-0.05, 0) is 28.1 Å². The maximum Gasteiger partial charge on any atom is 0.136 e. The smallest absolute Gasteiger partial charge is 0.136 e. The van der Waals surface area contributed by atoms with Gasteiger partial charge in [-0.2, -0.15) is 5.26 Å². The van der Waals surface area contributed by atoms with E-state index >= 15 is 0 Å². The maximum atomic E-state index is 8.56. The highest BCUT2D eigenvalue weighted by molar-refractivity contribution is 9.10. The lowest BCUT2D eigenvalue weighted by Gasteiger charge is -1.97. The van der Waals surface area contributed by atoms with E-state index in [0.717, 1.165) is 15.8 Å². The van der Waals surface area contributed by atoms with Gasteiger partial charge >= 0.3 is 0 Å². The van der Waals surface area contributed by atoms with Crippen molar-refractivity contribution < 1.29 is 0 Å². The molecule has 0 aromatic carbocycles. The number of aromatic nitrogens is 2. The second-order valence-corrected chi connectivity index (χ2v) is 3.58. The Bertz CT molecular complexity index is 481. The number of halogens is 1. The molecule has 2 rings (SSSR count). The molecule has 2 heterocycles. The number of pyridine rings is 1. The number of nitriles is 1. The first-order valence-electron chi connectivity index (χ1n) is 3.79. The van der Waals surface area contributed by atoms with Crippen LogP contribution in [-0.2, 0) is 6.42 Å². The number of hydrogen-bond acceptors (Lipinski definition) is 2. The van der Waals surface area contributed by atoms with Crippen LogP contribution in [0.15, 0.2) is 29.0 Å². The quantitative estimate of drug-likeness (QED) is 0.761. The molecule has 0 fully saturated rings. The Morgan fingerprint density at radius 2 is 2.38 bits per heavy atom. The van der Waals surface area contributed by atoms with Crippen LogP contribution < -0.4 is 0 Å². The van der Waals surface area contributed by atoms with Crippen LogP contribution in [0.4, 0.5) is 0 Å². The largest absolute Gasteiger partial charge is 0.302 e. The summed E-state index contributed by atoms with van der Waals surface area (Å²) in [5, 5.41) is 8.56. The first-order valence-corrected chi connectivity index (χ1v) is 4.59. The summed E-state index contributed by atoms with van der Waals surface area (Å²) in [4.78, 5) is 4.17. The molecule has 3 nitrogen and oxygen atoms in total. The zero-order valence-corrected chi connectivity index (χ0v) is 8.32. The Morgan fingerprint density at radius 3 is 3.15 bits per heavy atom. The van der Waals surface area contributed by atoms with Crippen molar-refractivity contribution in [3.63, 3.8) is 0 Å². The predicted octanol–water partition coefficient (Wildman–Crippen LogP) is 2.16. The summed E-state index contributed by atoms with van der Waals surface area (Å²) in [5.41, 5.74) is 1.78. The van der Waals surface area contributed by atoms with E-state index in [-0.39, 0.29) is 0 Å². The summed E-state index contributed by atoms with van der Waals surface area (Å²) in [6.45, 7) is 0. The van der Waals surface area contributed by atoms with Gasteiger partial charge in [-0.3, -0.25) is 0 Å². The fourth-order valence-corrected chi connectivity index (χ4v) is 1.55. The molecule has 0 atom stereocenters. The van der Waals surface area contributed by atoms with Crippen LogP contribution in [0.2, 0.25) is 0 Å². The minimum Gasteiger partial charge on any atom is -0.302 e. The highest BCUT2D eigenvalue weighted by Crippen LogP contribution is 2.13. The fraction of sp³-hybridized carbons (Fsp3) is 0.111. The minimum atomic E-state index is 0.387. The van der Waals surface area contributed by atoms with Crippen molar-refractivity contribution in [1.29, 1.82) is 5.26 Å². The highest BCUT2D eigenvalue weighted by Gasteiger charge is 2.01. The second kappa shape index (κ2) is 3.19. The lowest BCUT2D eigenvalue weighted by Crippen LogP contribution is -1.90.